The van der Waals surface area contributed by atoms with Gasteiger partial charge in [-0.1, -0.05) is 27.2 Å². The van der Waals surface area contributed by atoms with E-state index >= 15 is 0 Å². The van der Waals surface area contributed by atoms with Crippen LogP contribution in [0.1, 0.15) is 57.2 Å². The Bertz CT molecular complexity index is 586. The molecule has 0 aliphatic heterocycles. The Labute approximate surface area is 151 Å². The topological polar surface area (TPSA) is 71.1 Å². The van der Waals surface area contributed by atoms with E-state index in [-0.39, 0.29) is 17.3 Å². The molecule has 2 N–H and O–H groups in total. The van der Waals surface area contributed by atoms with Crippen LogP contribution in [0, 0.1) is 12.8 Å². The third-order valence-corrected chi connectivity index (χ3v) is 6.92. The van der Waals surface area contributed by atoms with E-state index in [1.807, 2.05) is 13.8 Å². The predicted molar refractivity (Wildman–Crippen MR) is 102 cm³/mol. The molecule has 0 aromatic carbocycles. The summed E-state index contributed by atoms with van der Waals surface area (Å²) in [4.78, 5) is 16.9. The average Bonchev–Trinajstić information content (AvgIpc) is 2.85. The van der Waals surface area contributed by atoms with Crippen LogP contribution in [0.2, 0.25) is 0 Å². The number of rotatable bonds is 6. The van der Waals surface area contributed by atoms with Crippen LogP contribution in [0.15, 0.2) is 0 Å². The number of aromatic nitrogens is 1. The molecule has 3 unspecified atom stereocenters. The van der Waals surface area contributed by atoms with Crippen LogP contribution in [0.4, 0.5) is 9.80 Å². The Hall–Kier alpha value is -0.950. The largest absolute Gasteiger partial charge is 0.335 e. The lowest BCUT2D eigenvalue weighted by molar-refractivity contribution is 0.244. The van der Waals surface area contributed by atoms with Crippen molar-refractivity contribution in [2.45, 2.75) is 71.1 Å². The zero-order valence-corrected chi connectivity index (χ0v) is 16.7. The van der Waals surface area contributed by atoms with Crippen LogP contribution >= 0.6 is 11.3 Å². The molecule has 1 aliphatic rings. The molecule has 2 amide bonds. The van der Waals surface area contributed by atoms with Gasteiger partial charge in [-0.05, 0) is 38.5 Å². The number of anilines is 1. The van der Waals surface area contributed by atoms with Gasteiger partial charge in [0.1, 0.15) is 5.00 Å². The minimum atomic E-state index is -0.774. The normalized spacial score (nSPS) is 22.4. The molecule has 0 radical (unpaired) electrons. The predicted octanol–water partition coefficient (Wildman–Crippen LogP) is 3.85. The SMILES string of the molecule is CCS(=O)C1CCCC(NC(=O)Nc2sc(C)nc2CC(C)C)C1. The van der Waals surface area contributed by atoms with Crippen molar-refractivity contribution in [3.63, 3.8) is 0 Å². The van der Waals surface area contributed by atoms with Gasteiger partial charge >= 0.3 is 6.03 Å². The zero-order valence-electron chi connectivity index (χ0n) is 15.1. The molecule has 7 heteroatoms. The third-order valence-electron chi connectivity index (χ3n) is 4.25. The van der Waals surface area contributed by atoms with Gasteiger partial charge in [-0.15, -0.1) is 11.3 Å². The van der Waals surface area contributed by atoms with Gasteiger partial charge in [0.05, 0.1) is 10.7 Å². The first-order valence-corrected chi connectivity index (χ1v) is 11.0. The van der Waals surface area contributed by atoms with Crippen LogP contribution in [0.5, 0.6) is 0 Å². The van der Waals surface area contributed by atoms with E-state index in [4.69, 9.17) is 0 Å². The first kappa shape index (κ1) is 19.4. The fourth-order valence-electron chi connectivity index (χ4n) is 3.17. The van der Waals surface area contributed by atoms with Gasteiger partial charge in [0, 0.05) is 27.8 Å². The monoisotopic (exact) mass is 371 g/mol. The van der Waals surface area contributed by atoms with Crippen molar-refractivity contribution in [2.24, 2.45) is 5.92 Å². The molecule has 0 bridgehead atoms. The second kappa shape index (κ2) is 8.94. The lowest BCUT2D eigenvalue weighted by atomic mass is 9.95. The van der Waals surface area contributed by atoms with E-state index in [1.165, 1.54) is 11.3 Å². The molecular formula is C17H29N3O2S2. The average molecular weight is 372 g/mol. The van der Waals surface area contributed by atoms with Crippen LogP contribution in [-0.4, -0.2) is 32.3 Å². The summed E-state index contributed by atoms with van der Waals surface area (Å²) in [5.74, 6) is 1.20. The lowest BCUT2D eigenvalue weighted by Gasteiger charge is -2.29. The molecule has 136 valence electrons. The molecular weight excluding hydrogens is 342 g/mol. The molecule has 2 rings (SSSR count). The summed E-state index contributed by atoms with van der Waals surface area (Å²) < 4.78 is 12.0. The molecule has 5 nitrogen and oxygen atoms in total. The van der Waals surface area contributed by atoms with E-state index in [9.17, 15) is 9.00 Å². The van der Waals surface area contributed by atoms with E-state index in [0.717, 1.165) is 47.8 Å². The maximum absolute atomic E-state index is 12.4. The fourth-order valence-corrected chi connectivity index (χ4v) is 5.36. The highest BCUT2D eigenvalue weighted by Gasteiger charge is 2.26. The van der Waals surface area contributed by atoms with Gasteiger partial charge in [0.15, 0.2) is 0 Å². The lowest BCUT2D eigenvalue weighted by Crippen LogP contribution is -2.43. The molecule has 1 fully saturated rings. The Morgan fingerprint density at radius 2 is 2.17 bits per heavy atom. The number of aryl methyl sites for hydroxylation is 1. The number of hydrogen-bond donors (Lipinski definition) is 2. The molecule has 1 heterocycles. The zero-order chi connectivity index (χ0) is 17.7. The van der Waals surface area contributed by atoms with E-state index < -0.39 is 10.8 Å². The van der Waals surface area contributed by atoms with Crippen molar-refractivity contribution in [3.05, 3.63) is 10.7 Å². The number of nitrogens with zero attached hydrogens (tertiary/aromatic N) is 1. The Balaban J connectivity index is 1.92. The Morgan fingerprint density at radius 1 is 1.42 bits per heavy atom. The maximum Gasteiger partial charge on any atom is 0.320 e. The van der Waals surface area contributed by atoms with Crippen LogP contribution in [0.25, 0.3) is 0 Å². The summed E-state index contributed by atoms with van der Waals surface area (Å²) in [5, 5.41) is 8.07. The number of carbonyl (C=O) groups excluding carboxylic acids is 1. The number of thiazole rings is 1. The smallest absolute Gasteiger partial charge is 0.320 e. The molecule has 3 atom stereocenters. The number of nitrogens with one attached hydrogen (secondary N) is 2. The van der Waals surface area contributed by atoms with Crippen LogP contribution < -0.4 is 10.6 Å². The Morgan fingerprint density at radius 3 is 2.83 bits per heavy atom. The van der Waals surface area contributed by atoms with Crippen LogP contribution in [-0.2, 0) is 17.2 Å². The van der Waals surface area contributed by atoms with Gasteiger partial charge in [0.25, 0.3) is 0 Å². The summed E-state index contributed by atoms with van der Waals surface area (Å²) in [6.45, 7) is 8.22. The quantitative estimate of drug-likeness (QED) is 0.798. The Kier molecular flexibility index (Phi) is 7.22. The number of carbonyl (C=O) groups is 1. The molecule has 1 aromatic heterocycles. The number of amides is 2. The number of hydrogen-bond acceptors (Lipinski definition) is 4. The van der Waals surface area contributed by atoms with Gasteiger partial charge in [-0.25, -0.2) is 9.78 Å². The van der Waals surface area contributed by atoms with E-state index in [0.29, 0.717) is 11.7 Å². The molecule has 1 saturated carbocycles. The summed E-state index contributed by atoms with van der Waals surface area (Å²) >= 11 is 1.52. The first-order chi connectivity index (χ1) is 11.4. The van der Waals surface area contributed by atoms with Crippen molar-refractivity contribution in [1.82, 2.24) is 10.3 Å². The summed E-state index contributed by atoms with van der Waals surface area (Å²) in [7, 11) is -0.774. The molecule has 1 aliphatic carbocycles. The van der Waals surface area contributed by atoms with Crippen molar-refractivity contribution >= 4 is 33.2 Å². The first-order valence-electron chi connectivity index (χ1n) is 8.80. The minimum Gasteiger partial charge on any atom is -0.335 e. The summed E-state index contributed by atoms with van der Waals surface area (Å²) in [5.41, 5.74) is 0.969. The highest BCUT2D eigenvalue weighted by atomic mass is 32.2. The van der Waals surface area contributed by atoms with Gasteiger partial charge < -0.3 is 5.32 Å². The highest BCUT2D eigenvalue weighted by Crippen LogP contribution is 2.27. The van der Waals surface area contributed by atoms with Crippen molar-refractivity contribution in [2.75, 3.05) is 11.1 Å². The standard InChI is InChI=1S/C17H29N3O2S2/c1-5-24(22)14-8-6-7-13(10-14)19-17(21)20-16-15(9-11(2)3)18-12(4)23-16/h11,13-14H,5-10H2,1-4H3,(H2,19,20,21). The highest BCUT2D eigenvalue weighted by molar-refractivity contribution is 7.85. The number of urea groups is 1. The molecule has 24 heavy (non-hydrogen) atoms. The van der Waals surface area contributed by atoms with Gasteiger partial charge in [0.2, 0.25) is 0 Å². The van der Waals surface area contributed by atoms with Crippen molar-refractivity contribution < 1.29 is 9.00 Å². The maximum atomic E-state index is 12.4. The summed E-state index contributed by atoms with van der Waals surface area (Å²) in [6, 6.07) is -0.0570. The van der Waals surface area contributed by atoms with Crippen molar-refractivity contribution in [1.29, 1.82) is 0 Å². The molecule has 1 aromatic rings. The van der Waals surface area contributed by atoms with Gasteiger partial charge in [-0.3, -0.25) is 9.53 Å². The van der Waals surface area contributed by atoms with Gasteiger partial charge in [-0.2, -0.15) is 0 Å². The molecule has 0 saturated heterocycles. The summed E-state index contributed by atoms with van der Waals surface area (Å²) in [6.07, 6.45) is 4.67. The van der Waals surface area contributed by atoms with E-state index in [1.54, 1.807) is 0 Å². The van der Waals surface area contributed by atoms with Crippen molar-refractivity contribution in [3.8, 4) is 0 Å². The second-order valence-electron chi connectivity index (χ2n) is 6.86. The third kappa shape index (κ3) is 5.55. The minimum absolute atomic E-state index is 0.113. The fraction of sp³-hybridized carbons (Fsp3) is 0.765. The second-order valence-corrected chi connectivity index (χ2v) is 10.1. The van der Waals surface area contributed by atoms with E-state index in [2.05, 4.69) is 29.5 Å². The van der Waals surface area contributed by atoms with Crippen LogP contribution in [0.3, 0.4) is 0 Å². The molecule has 0 spiro atoms.